The molecule has 0 amide bonds. The van der Waals surface area contributed by atoms with Gasteiger partial charge in [0.1, 0.15) is 11.5 Å². The summed E-state index contributed by atoms with van der Waals surface area (Å²) in [5.74, 6) is -0.721. The first-order valence-corrected chi connectivity index (χ1v) is 20.2. The van der Waals surface area contributed by atoms with Gasteiger partial charge in [-0.15, -0.1) is 0 Å². The van der Waals surface area contributed by atoms with Gasteiger partial charge in [-0.2, -0.15) is 0 Å². The molecule has 0 radical (unpaired) electrons. The Morgan fingerprint density at radius 2 is 1.82 bits per heavy atom. The Bertz CT molecular complexity index is 2230. The maximum Gasteiger partial charge on any atom is 0.344 e. The third-order valence-electron chi connectivity index (χ3n) is 14.8. The Kier molecular flexibility index (Phi) is 8.48. The van der Waals surface area contributed by atoms with Crippen molar-refractivity contribution in [3.63, 3.8) is 0 Å². The summed E-state index contributed by atoms with van der Waals surface area (Å²) in [7, 11) is 4.83. The van der Waals surface area contributed by atoms with Gasteiger partial charge in [0.15, 0.2) is 6.10 Å². The van der Waals surface area contributed by atoms with Gasteiger partial charge in [0, 0.05) is 90.9 Å². The van der Waals surface area contributed by atoms with Crippen LogP contribution in [0.15, 0.2) is 60.2 Å². The Hall–Kier alpha value is -4.45. The van der Waals surface area contributed by atoms with Crippen LogP contribution < -0.4 is 9.64 Å². The van der Waals surface area contributed by atoms with Crippen LogP contribution >= 0.6 is 0 Å². The molecular weight excluding hydrogens is 709 g/mol. The number of carbonyl (C=O) groups is 3. The molecule has 1 aromatic heterocycles. The molecule has 6 aliphatic rings. The third-order valence-corrected chi connectivity index (χ3v) is 14.8. The van der Waals surface area contributed by atoms with Gasteiger partial charge < -0.3 is 29.2 Å². The number of hydrogen-bond donors (Lipinski definition) is 2. The second-order valence-corrected chi connectivity index (χ2v) is 17.2. The molecule has 5 aliphatic heterocycles. The molecule has 11 heteroatoms. The second-order valence-electron chi connectivity index (χ2n) is 17.2. The van der Waals surface area contributed by atoms with Crippen molar-refractivity contribution in [3.8, 4) is 5.75 Å². The van der Waals surface area contributed by atoms with Crippen LogP contribution in [0.3, 0.4) is 0 Å². The van der Waals surface area contributed by atoms with E-state index in [-0.39, 0.29) is 17.7 Å². The zero-order valence-corrected chi connectivity index (χ0v) is 33.6. The summed E-state index contributed by atoms with van der Waals surface area (Å²) in [6, 6.07) is 11.4. The number of aromatic nitrogens is 1. The number of ether oxygens (including phenoxy) is 3. The van der Waals surface area contributed by atoms with E-state index in [2.05, 4.69) is 64.2 Å². The molecule has 2 bridgehead atoms. The van der Waals surface area contributed by atoms with Crippen molar-refractivity contribution in [1.29, 1.82) is 0 Å². The summed E-state index contributed by atoms with van der Waals surface area (Å²) >= 11 is 0. The average Bonchev–Trinajstić information content (AvgIpc) is 3.84. The average molecular weight is 763 g/mol. The van der Waals surface area contributed by atoms with Crippen LogP contribution in [-0.4, -0.2) is 109 Å². The van der Waals surface area contributed by atoms with Crippen LogP contribution in [0.2, 0.25) is 0 Å². The van der Waals surface area contributed by atoms with E-state index in [1.54, 1.807) is 14.0 Å². The van der Waals surface area contributed by atoms with Crippen molar-refractivity contribution in [3.05, 3.63) is 82.6 Å². The molecular formula is C45H54N4O7. The van der Waals surface area contributed by atoms with Crippen LogP contribution in [0.4, 0.5) is 5.69 Å². The van der Waals surface area contributed by atoms with Gasteiger partial charge in [-0.1, -0.05) is 55.8 Å². The van der Waals surface area contributed by atoms with Crippen molar-refractivity contribution in [1.82, 2.24) is 14.8 Å². The normalized spacial score (nSPS) is 35.4. The number of ketones is 1. The zero-order chi connectivity index (χ0) is 39.5. The van der Waals surface area contributed by atoms with E-state index in [4.69, 9.17) is 14.2 Å². The van der Waals surface area contributed by atoms with Crippen molar-refractivity contribution in [2.45, 2.75) is 94.5 Å². The number of rotatable bonds is 7. The van der Waals surface area contributed by atoms with E-state index in [0.717, 1.165) is 58.5 Å². The summed E-state index contributed by atoms with van der Waals surface area (Å²) in [5.41, 5.74) is 1.81. The highest BCUT2D eigenvalue weighted by Crippen LogP contribution is 2.68. The number of nitrogens with zero attached hydrogens (tertiary/aromatic N) is 3. The molecule has 56 heavy (non-hydrogen) atoms. The van der Waals surface area contributed by atoms with Crippen molar-refractivity contribution in [2.75, 3.05) is 52.3 Å². The van der Waals surface area contributed by atoms with E-state index in [1.165, 1.54) is 19.6 Å². The molecule has 2 aromatic carbocycles. The molecule has 3 unspecified atom stereocenters. The SMILES string of the molecule is CCC1=C[C@H]2CN(C1)Cc1c([nH]c3ccccc13)[C@@](C(C)=O)(c1cc3c(cc1OC)N(C)[C@H]1C(O)(C(=O)OC)[C@H](OC(C)=O)[C@]4(CC)C=CCN5CCC31[C@@H]54)C2. The number of para-hydroxylation sites is 1. The quantitative estimate of drug-likeness (QED) is 0.246. The molecule has 296 valence electrons. The summed E-state index contributed by atoms with van der Waals surface area (Å²) in [4.78, 5) is 53.1. The number of nitrogens with one attached hydrogen (secondary N) is 1. The van der Waals surface area contributed by atoms with E-state index in [9.17, 15) is 14.7 Å². The van der Waals surface area contributed by atoms with Crippen LogP contribution in [0.1, 0.15) is 75.8 Å². The number of hydrogen-bond acceptors (Lipinski definition) is 10. The molecule has 1 saturated heterocycles. The van der Waals surface area contributed by atoms with E-state index in [1.807, 2.05) is 31.0 Å². The standard InChI is InChI=1S/C45H54N4O7/c1-8-28-19-29-22-44(26(3)50,37-31(25-48(23-28)24-29)30-13-10-11-14-34(30)46-37)33-20-32-35(21-36(33)54-6)47(5)39-43(32)16-18-49-17-12-15-42(9-2,38(43)49)40(56-27(4)51)45(39,53)41(52)55-7/h10-15,19-21,29,38-40,46,53H,8-9,16-18,22-25H2,1-7H3/t29-,38+,39-,40-,42-,43?,44+,45?/m1/s1. The number of aromatic amines is 1. The second kappa shape index (κ2) is 12.8. The largest absolute Gasteiger partial charge is 0.496 e. The van der Waals surface area contributed by atoms with Crippen LogP contribution in [0.5, 0.6) is 5.75 Å². The number of H-pyrrole nitrogens is 1. The predicted molar refractivity (Wildman–Crippen MR) is 213 cm³/mol. The van der Waals surface area contributed by atoms with Gasteiger partial charge >= 0.3 is 11.9 Å². The van der Waals surface area contributed by atoms with E-state index in [0.29, 0.717) is 44.6 Å². The number of esters is 2. The topological polar surface area (TPSA) is 125 Å². The molecule has 3 aromatic rings. The minimum absolute atomic E-state index is 0.0237. The molecule has 1 spiro atoms. The fourth-order valence-electron chi connectivity index (χ4n) is 12.9. The van der Waals surface area contributed by atoms with Gasteiger partial charge in [0.25, 0.3) is 0 Å². The van der Waals surface area contributed by atoms with E-state index < -0.39 is 45.9 Å². The number of benzene rings is 2. The molecule has 1 aliphatic carbocycles. The Balaban J connectivity index is 1.36. The lowest BCUT2D eigenvalue weighted by Gasteiger charge is -2.63. The molecule has 9 atom stereocenters. The third kappa shape index (κ3) is 4.59. The van der Waals surface area contributed by atoms with Gasteiger partial charge in [-0.25, -0.2) is 4.79 Å². The number of Topliss-reactive ketones (excluding diaryl/α,β-unsaturated/α-hetero) is 1. The Morgan fingerprint density at radius 3 is 2.52 bits per heavy atom. The number of anilines is 1. The lowest BCUT2D eigenvalue weighted by atomic mass is 9.47. The monoisotopic (exact) mass is 762 g/mol. The molecule has 9 rings (SSSR count). The van der Waals surface area contributed by atoms with Gasteiger partial charge in [-0.05, 0) is 68.3 Å². The summed E-state index contributed by atoms with van der Waals surface area (Å²) in [5, 5.41) is 14.4. The van der Waals surface area contributed by atoms with Gasteiger partial charge in [0.2, 0.25) is 5.60 Å². The number of carbonyl (C=O) groups excluding carboxylic acids is 3. The zero-order valence-electron chi connectivity index (χ0n) is 33.6. The lowest BCUT2D eigenvalue weighted by molar-refractivity contribution is -0.228. The highest BCUT2D eigenvalue weighted by Gasteiger charge is 2.80. The van der Waals surface area contributed by atoms with Crippen molar-refractivity contribution in [2.24, 2.45) is 11.3 Å². The smallest absolute Gasteiger partial charge is 0.344 e. The maximum atomic E-state index is 15.0. The summed E-state index contributed by atoms with van der Waals surface area (Å²) < 4.78 is 18.0. The first-order chi connectivity index (χ1) is 26.8. The highest BCUT2D eigenvalue weighted by molar-refractivity contribution is 5.97. The van der Waals surface area contributed by atoms with Crippen molar-refractivity contribution < 1.29 is 33.7 Å². The highest BCUT2D eigenvalue weighted by atomic mass is 16.6. The Labute approximate surface area is 328 Å². The van der Waals surface area contributed by atoms with Gasteiger partial charge in [-0.3, -0.25) is 19.4 Å². The molecule has 1 saturated carbocycles. The number of fused-ring (bicyclic) bond motifs is 6. The maximum absolute atomic E-state index is 15.0. The van der Waals surface area contributed by atoms with Crippen LogP contribution in [0, 0.1) is 11.3 Å². The van der Waals surface area contributed by atoms with Gasteiger partial charge in [0.05, 0.1) is 25.7 Å². The van der Waals surface area contributed by atoms with Crippen molar-refractivity contribution >= 4 is 34.3 Å². The summed E-state index contributed by atoms with van der Waals surface area (Å²) in [6.07, 6.45) is 7.95. The van der Waals surface area contributed by atoms with Crippen LogP contribution in [-0.2, 0) is 41.2 Å². The van der Waals surface area contributed by atoms with E-state index >= 15 is 4.79 Å². The number of aliphatic hydroxyl groups is 1. The molecule has 2 N–H and O–H groups in total. The number of likely N-dealkylation sites (N-methyl/N-ethyl adjacent to an activating group) is 1. The fourth-order valence-corrected chi connectivity index (χ4v) is 12.9. The summed E-state index contributed by atoms with van der Waals surface area (Å²) in [6.45, 7) is 11.1. The van der Waals surface area contributed by atoms with Crippen LogP contribution in [0.25, 0.3) is 10.9 Å². The fraction of sp³-hybridized carbons (Fsp3) is 0.533. The minimum atomic E-state index is -2.25. The Morgan fingerprint density at radius 1 is 1.04 bits per heavy atom. The predicted octanol–water partition coefficient (Wildman–Crippen LogP) is 5.17. The first kappa shape index (κ1) is 37.1. The molecule has 11 nitrogen and oxygen atoms in total. The molecule has 6 heterocycles. The molecule has 2 fully saturated rings. The minimum Gasteiger partial charge on any atom is -0.496 e. The lowest BCUT2D eigenvalue weighted by Crippen LogP contribution is -2.81. The first-order valence-electron chi connectivity index (χ1n) is 20.2. The number of methoxy groups -OCH3 is 2.